The van der Waals surface area contributed by atoms with Crippen molar-refractivity contribution in [1.82, 2.24) is 15.0 Å². The molecule has 1 amide bonds. The van der Waals surface area contributed by atoms with E-state index < -0.39 is 0 Å². The zero-order valence-corrected chi connectivity index (χ0v) is 18.2. The van der Waals surface area contributed by atoms with Gasteiger partial charge in [0.05, 0.1) is 22.6 Å². The number of hydrogen-bond acceptors (Lipinski definition) is 7. The molecule has 0 fully saturated rings. The molecule has 150 valence electrons. The standard InChI is InChI=1S/C21H22N4O2S2/c1-13(2)21-22-14(3)10-19(23-21)29-12-20(26)25-16(17-6-4-8-27-17)11-15(24-25)18-7-5-9-28-18/h4-10,13,16H,11-12H2,1-3H3/t16-/m0/s1. The normalized spacial score (nSPS) is 16.5. The average molecular weight is 427 g/mol. The Morgan fingerprint density at radius 2 is 2.21 bits per heavy atom. The molecule has 0 saturated heterocycles. The molecule has 0 unspecified atom stereocenters. The van der Waals surface area contributed by atoms with E-state index in [4.69, 9.17) is 4.42 Å². The molecular weight excluding hydrogens is 404 g/mol. The van der Waals surface area contributed by atoms with Crippen molar-refractivity contribution in [2.24, 2.45) is 5.10 Å². The van der Waals surface area contributed by atoms with Gasteiger partial charge in [0.2, 0.25) is 0 Å². The minimum atomic E-state index is -0.214. The lowest BCUT2D eigenvalue weighted by molar-refractivity contribution is -0.130. The fourth-order valence-electron chi connectivity index (χ4n) is 3.13. The van der Waals surface area contributed by atoms with Crippen LogP contribution in [0.1, 0.15) is 54.4 Å². The van der Waals surface area contributed by atoms with Gasteiger partial charge in [0.25, 0.3) is 5.91 Å². The molecule has 6 nitrogen and oxygen atoms in total. The van der Waals surface area contributed by atoms with E-state index in [-0.39, 0.29) is 23.6 Å². The quantitative estimate of drug-likeness (QED) is 0.408. The molecule has 3 aromatic heterocycles. The van der Waals surface area contributed by atoms with Crippen LogP contribution in [0, 0.1) is 6.92 Å². The lowest BCUT2D eigenvalue weighted by Gasteiger charge is -2.19. The Labute approximate surface area is 178 Å². The lowest BCUT2D eigenvalue weighted by Crippen LogP contribution is -2.28. The van der Waals surface area contributed by atoms with Crippen LogP contribution in [0.2, 0.25) is 0 Å². The van der Waals surface area contributed by atoms with Gasteiger partial charge >= 0.3 is 0 Å². The summed E-state index contributed by atoms with van der Waals surface area (Å²) in [5.74, 6) is 1.98. The summed E-state index contributed by atoms with van der Waals surface area (Å²) in [6.45, 7) is 6.07. The number of carbonyl (C=O) groups excluding carboxylic acids is 1. The SMILES string of the molecule is Cc1cc(SCC(=O)N2N=C(c3cccs3)C[C@H]2c2ccco2)nc(C(C)C)n1. The predicted molar refractivity (Wildman–Crippen MR) is 115 cm³/mol. The zero-order valence-electron chi connectivity index (χ0n) is 16.5. The third kappa shape index (κ3) is 4.43. The second-order valence-electron chi connectivity index (χ2n) is 7.15. The van der Waals surface area contributed by atoms with Crippen LogP contribution in [0.3, 0.4) is 0 Å². The maximum absolute atomic E-state index is 13.1. The molecule has 0 bridgehead atoms. The highest BCUT2D eigenvalue weighted by atomic mass is 32.2. The summed E-state index contributed by atoms with van der Waals surface area (Å²) in [6, 6.07) is 9.46. The van der Waals surface area contributed by atoms with E-state index in [1.54, 1.807) is 22.6 Å². The molecule has 0 radical (unpaired) electrons. The number of thioether (sulfide) groups is 1. The zero-order chi connectivity index (χ0) is 20.4. The van der Waals surface area contributed by atoms with E-state index in [1.807, 2.05) is 42.6 Å². The van der Waals surface area contributed by atoms with Gasteiger partial charge in [-0.2, -0.15) is 5.10 Å². The monoisotopic (exact) mass is 426 g/mol. The van der Waals surface area contributed by atoms with Crippen molar-refractivity contribution < 1.29 is 9.21 Å². The first-order valence-electron chi connectivity index (χ1n) is 9.46. The Balaban J connectivity index is 1.52. The number of carbonyl (C=O) groups is 1. The van der Waals surface area contributed by atoms with Gasteiger partial charge in [-0.25, -0.2) is 15.0 Å². The molecule has 4 rings (SSSR count). The lowest BCUT2D eigenvalue weighted by atomic mass is 10.1. The summed E-state index contributed by atoms with van der Waals surface area (Å²) >= 11 is 3.05. The number of amides is 1. The maximum Gasteiger partial charge on any atom is 0.253 e. The van der Waals surface area contributed by atoms with E-state index in [1.165, 1.54) is 11.8 Å². The number of hydrogen-bond donors (Lipinski definition) is 0. The molecule has 4 heterocycles. The van der Waals surface area contributed by atoms with Gasteiger partial charge in [-0.05, 0) is 36.6 Å². The molecule has 0 aromatic carbocycles. The smallest absolute Gasteiger partial charge is 0.253 e. The minimum Gasteiger partial charge on any atom is -0.467 e. The summed E-state index contributed by atoms with van der Waals surface area (Å²) in [5.41, 5.74) is 1.83. The fourth-order valence-corrected chi connectivity index (χ4v) is 4.67. The van der Waals surface area contributed by atoms with Crippen molar-refractivity contribution >= 4 is 34.7 Å². The molecular formula is C21H22N4O2S2. The molecule has 1 aliphatic rings. The van der Waals surface area contributed by atoms with Gasteiger partial charge < -0.3 is 4.42 Å². The van der Waals surface area contributed by atoms with Crippen molar-refractivity contribution in [3.8, 4) is 0 Å². The number of furan rings is 1. The Hall–Kier alpha value is -2.45. The largest absolute Gasteiger partial charge is 0.467 e. The van der Waals surface area contributed by atoms with Crippen molar-refractivity contribution in [2.45, 2.75) is 44.2 Å². The van der Waals surface area contributed by atoms with Gasteiger partial charge in [0.1, 0.15) is 22.7 Å². The van der Waals surface area contributed by atoms with Crippen LogP contribution >= 0.6 is 23.1 Å². The average Bonchev–Trinajstić information content (AvgIpc) is 3.46. The van der Waals surface area contributed by atoms with Gasteiger partial charge in [0.15, 0.2) is 0 Å². The third-order valence-corrected chi connectivity index (χ3v) is 6.37. The highest BCUT2D eigenvalue weighted by Crippen LogP contribution is 2.34. The number of thiophene rings is 1. The van der Waals surface area contributed by atoms with Gasteiger partial charge in [-0.15, -0.1) is 11.3 Å². The number of nitrogens with zero attached hydrogens (tertiary/aromatic N) is 4. The van der Waals surface area contributed by atoms with E-state index in [9.17, 15) is 4.79 Å². The molecule has 0 saturated carbocycles. The number of aryl methyl sites for hydroxylation is 1. The first kappa shape index (κ1) is 19.8. The van der Waals surface area contributed by atoms with Crippen LogP contribution in [0.25, 0.3) is 0 Å². The number of rotatable bonds is 6. The Morgan fingerprint density at radius 3 is 2.90 bits per heavy atom. The summed E-state index contributed by atoms with van der Waals surface area (Å²) in [6.07, 6.45) is 2.28. The molecule has 0 spiro atoms. The Kier molecular flexibility index (Phi) is 5.82. The van der Waals surface area contributed by atoms with Gasteiger partial charge in [0, 0.05) is 18.0 Å². The van der Waals surface area contributed by atoms with Gasteiger partial charge in [-0.1, -0.05) is 31.7 Å². The van der Waals surface area contributed by atoms with Crippen LogP contribution < -0.4 is 0 Å². The molecule has 8 heteroatoms. The van der Waals surface area contributed by atoms with E-state index in [0.29, 0.717) is 6.42 Å². The third-order valence-electron chi connectivity index (χ3n) is 4.55. The first-order valence-corrected chi connectivity index (χ1v) is 11.3. The van der Waals surface area contributed by atoms with E-state index in [2.05, 4.69) is 28.9 Å². The summed E-state index contributed by atoms with van der Waals surface area (Å²) in [7, 11) is 0. The molecule has 0 N–H and O–H groups in total. The molecule has 1 aliphatic heterocycles. The summed E-state index contributed by atoms with van der Waals surface area (Å²) in [4.78, 5) is 23.2. The van der Waals surface area contributed by atoms with Crippen molar-refractivity contribution in [3.63, 3.8) is 0 Å². The molecule has 1 atom stereocenters. The van der Waals surface area contributed by atoms with Crippen LogP contribution in [0.15, 0.2) is 56.5 Å². The van der Waals surface area contributed by atoms with Crippen molar-refractivity contribution in [1.29, 1.82) is 0 Å². The Morgan fingerprint density at radius 1 is 1.34 bits per heavy atom. The highest BCUT2D eigenvalue weighted by Gasteiger charge is 2.35. The second kappa shape index (κ2) is 8.51. The maximum atomic E-state index is 13.1. The summed E-state index contributed by atoms with van der Waals surface area (Å²) in [5, 5.41) is 9.04. The van der Waals surface area contributed by atoms with E-state index in [0.717, 1.165) is 32.9 Å². The summed E-state index contributed by atoms with van der Waals surface area (Å²) < 4.78 is 5.59. The Bertz CT molecular complexity index is 1010. The fraction of sp³-hybridized carbons (Fsp3) is 0.333. The number of hydrazone groups is 1. The first-order chi connectivity index (χ1) is 14.0. The number of aromatic nitrogens is 2. The van der Waals surface area contributed by atoms with Crippen LogP contribution in [0.5, 0.6) is 0 Å². The van der Waals surface area contributed by atoms with Crippen LogP contribution in [0.4, 0.5) is 0 Å². The van der Waals surface area contributed by atoms with Crippen molar-refractivity contribution in [2.75, 3.05) is 5.75 Å². The minimum absolute atomic E-state index is 0.0645. The van der Waals surface area contributed by atoms with E-state index >= 15 is 0 Å². The second-order valence-corrected chi connectivity index (χ2v) is 9.09. The predicted octanol–water partition coefficient (Wildman–Crippen LogP) is 5.03. The van der Waals surface area contributed by atoms with Crippen LogP contribution in [-0.2, 0) is 4.79 Å². The van der Waals surface area contributed by atoms with Crippen molar-refractivity contribution in [3.05, 3.63) is 64.1 Å². The van der Waals surface area contributed by atoms with Gasteiger partial charge in [-0.3, -0.25) is 4.79 Å². The molecule has 29 heavy (non-hydrogen) atoms. The van der Waals surface area contributed by atoms with Crippen LogP contribution in [-0.4, -0.2) is 32.3 Å². The molecule has 0 aliphatic carbocycles. The topological polar surface area (TPSA) is 71.6 Å². The molecule has 3 aromatic rings. The highest BCUT2D eigenvalue weighted by molar-refractivity contribution is 7.99.